The molecule has 1 aliphatic carbocycles. The van der Waals surface area contributed by atoms with E-state index in [1.54, 1.807) is 0 Å². The zero-order valence-electron chi connectivity index (χ0n) is 12.2. The maximum atomic E-state index is 11.5. The molecule has 0 radical (unpaired) electrons. The van der Waals surface area contributed by atoms with Gasteiger partial charge in [0.05, 0.1) is 0 Å². The lowest BCUT2D eigenvalue weighted by atomic mass is 10.1. The van der Waals surface area contributed by atoms with Crippen LogP contribution in [0.15, 0.2) is 0 Å². The first-order valence-corrected chi connectivity index (χ1v) is 7.48. The van der Waals surface area contributed by atoms with Gasteiger partial charge in [-0.2, -0.15) is 0 Å². The third-order valence-electron chi connectivity index (χ3n) is 3.25. The van der Waals surface area contributed by atoms with E-state index in [4.69, 9.17) is 9.84 Å². The molecule has 0 bridgehead atoms. The van der Waals surface area contributed by atoms with Crippen LogP contribution in [-0.4, -0.2) is 42.9 Å². The van der Waals surface area contributed by atoms with E-state index in [0.717, 1.165) is 31.8 Å². The first kappa shape index (κ1) is 16.8. The summed E-state index contributed by atoms with van der Waals surface area (Å²) in [4.78, 5) is 22.5. The second kappa shape index (κ2) is 9.58. The predicted octanol–water partition coefficient (Wildman–Crippen LogP) is 1.75. The van der Waals surface area contributed by atoms with Crippen LogP contribution in [0.4, 0.5) is 4.79 Å². The van der Waals surface area contributed by atoms with E-state index < -0.39 is 18.0 Å². The minimum atomic E-state index is -0.985. The number of urea groups is 1. The van der Waals surface area contributed by atoms with Gasteiger partial charge in [-0.15, -0.1) is 0 Å². The van der Waals surface area contributed by atoms with Crippen LogP contribution in [0.25, 0.3) is 0 Å². The first-order chi connectivity index (χ1) is 9.63. The lowest BCUT2D eigenvalue weighted by Gasteiger charge is -2.14. The molecule has 3 N–H and O–H groups in total. The average Bonchev–Trinajstić information content (AvgIpc) is 3.22. The van der Waals surface area contributed by atoms with Crippen molar-refractivity contribution >= 4 is 12.0 Å². The van der Waals surface area contributed by atoms with E-state index in [0.29, 0.717) is 19.6 Å². The molecule has 20 heavy (non-hydrogen) atoms. The Labute approximate surface area is 120 Å². The molecule has 1 atom stereocenters. The van der Waals surface area contributed by atoms with Gasteiger partial charge >= 0.3 is 12.0 Å². The number of carboxylic acid groups (broad SMARTS) is 1. The third kappa shape index (κ3) is 7.99. The fourth-order valence-electron chi connectivity index (χ4n) is 1.79. The van der Waals surface area contributed by atoms with Crippen LogP contribution in [0.3, 0.4) is 0 Å². The monoisotopic (exact) mass is 286 g/mol. The largest absolute Gasteiger partial charge is 0.480 e. The standard InChI is InChI=1S/C14H26N2O4/c1-2-3-5-12(13(17)18)16-14(19)15-8-4-9-20-10-11-6-7-11/h11-12H,2-10H2,1H3,(H,17,18)(H2,15,16,19)/t12-/m0/s1. The van der Waals surface area contributed by atoms with E-state index in [1.165, 1.54) is 12.8 Å². The van der Waals surface area contributed by atoms with Crippen molar-refractivity contribution in [1.82, 2.24) is 10.6 Å². The molecule has 0 heterocycles. The number of aliphatic carboxylic acids is 1. The van der Waals surface area contributed by atoms with Gasteiger partial charge in [-0.25, -0.2) is 9.59 Å². The van der Waals surface area contributed by atoms with E-state index in [1.807, 2.05) is 6.92 Å². The highest BCUT2D eigenvalue weighted by atomic mass is 16.5. The maximum Gasteiger partial charge on any atom is 0.326 e. The van der Waals surface area contributed by atoms with Crippen molar-refractivity contribution < 1.29 is 19.4 Å². The third-order valence-corrected chi connectivity index (χ3v) is 3.25. The number of carbonyl (C=O) groups excluding carboxylic acids is 1. The number of carboxylic acids is 1. The molecule has 0 unspecified atom stereocenters. The van der Waals surface area contributed by atoms with E-state index in [2.05, 4.69) is 10.6 Å². The number of carbonyl (C=O) groups is 2. The number of rotatable bonds is 11. The Hall–Kier alpha value is -1.30. The van der Waals surface area contributed by atoms with Crippen LogP contribution in [0, 0.1) is 5.92 Å². The van der Waals surface area contributed by atoms with Crippen molar-refractivity contribution in [3.05, 3.63) is 0 Å². The molecule has 0 aliphatic heterocycles. The highest BCUT2D eigenvalue weighted by molar-refractivity contribution is 5.82. The van der Waals surface area contributed by atoms with E-state index in [9.17, 15) is 9.59 Å². The highest BCUT2D eigenvalue weighted by Gasteiger charge is 2.21. The number of amides is 2. The zero-order valence-corrected chi connectivity index (χ0v) is 12.2. The molecule has 116 valence electrons. The summed E-state index contributed by atoms with van der Waals surface area (Å²) in [5.74, 6) is -0.234. The summed E-state index contributed by atoms with van der Waals surface area (Å²) in [6.45, 7) is 3.94. The average molecular weight is 286 g/mol. The minimum Gasteiger partial charge on any atom is -0.480 e. The van der Waals surface area contributed by atoms with Crippen molar-refractivity contribution in [2.45, 2.75) is 51.5 Å². The lowest BCUT2D eigenvalue weighted by molar-refractivity contribution is -0.139. The van der Waals surface area contributed by atoms with Crippen molar-refractivity contribution in [2.75, 3.05) is 19.8 Å². The summed E-state index contributed by atoms with van der Waals surface area (Å²) in [7, 11) is 0. The Kier molecular flexibility index (Phi) is 8.02. The van der Waals surface area contributed by atoms with Crippen LogP contribution < -0.4 is 10.6 Å². The van der Waals surface area contributed by atoms with Gasteiger partial charge in [0.2, 0.25) is 0 Å². The quantitative estimate of drug-likeness (QED) is 0.505. The minimum absolute atomic E-state index is 0.421. The van der Waals surface area contributed by atoms with Crippen molar-refractivity contribution in [3.8, 4) is 0 Å². The molecular weight excluding hydrogens is 260 g/mol. The molecule has 0 aromatic heterocycles. The van der Waals surface area contributed by atoms with Crippen molar-refractivity contribution in [2.24, 2.45) is 5.92 Å². The number of nitrogens with one attached hydrogen (secondary N) is 2. The maximum absolute atomic E-state index is 11.5. The molecule has 1 aliphatic rings. The van der Waals surface area contributed by atoms with Crippen molar-refractivity contribution in [1.29, 1.82) is 0 Å². The van der Waals surface area contributed by atoms with Gasteiger partial charge in [-0.05, 0) is 31.6 Å². The summed E-state index contributed by atoms with van der Waals surface area (Å²) in [5, 5.41) is 14.1. The van der Waals surface area contributed by atoms with E-state index in [-0.39, 0.29) is 0 Å². The van der Waals surface area contributed by atoms with Crippen molar-refractivity contribution in [3.63, 3.8) is 0 Å². The lowest BCUT2D eigenvalue weighted by Crippen LogP contribution is -2.46. The molecule has 0 saturated heterocycles. The summed E-state index contributed by atoms with van der Waals surface area (Å²) < 4.78 is 5.45. The molecule has 1 fully saturated rings. The number of ether oxygens (including phenoxy) is 1. The summed E-state index contributed by atoms with van der Waals surface area (Å²) in [5.41, 5.74) is 0. The molecule has 6 nitrogen and oxygen atoms in total. The normalized spacial score (nSPS) is 15.7. The topological polar surface area (TPSA) is 87.7 Å². The van der Waals surface area contributed by atoms with Crippen LogP contribution in [0.2, 0.25) is 0 Å². The Bertz CT molecular complexity index is 306. The fourth-order valence-corrected chi connectivity index (χ4v) is 1.79. The smallest absolute Gasteiger partial charge is 0.326 e. The van der Waals surface area contributed by atoms with Gasteiger partial charge < -0.3 is 20.5 Å². The predicted molar refractivity (Wildman–Crippen MR) is 75.6 cm³/mol. The Morgan fingerprint density at radius 2 is 2.10 bits per heavy atom. The van der Waals surface area contributed by atoms with Gasteiger partial charge in [-0.3, -0.25) is 0 Å². The molecule has 6 heteroatoms. The van der Waals surface area contributed by atoms with E-state index >= 15 is 0 Å². The first-order valence-electron chi connectivity index (χ1n) is 7.48. The molecular formula is C14H26N2O4. The van der Waals surface area contributed by atoms with Gasteiger partial charge in [0.1, 0.15) is 6.04 Å². The molecule has 2 amide bonds. The van der Waals surface area contributed by atoms with Crippen LogP contribution >= 0.6 is 0 Å². The second-order valence-corrected chi connectivity index (χ2v) is 5.31. The summed E-state index contributed by atoms with van der Waals surface area (Å²) in [6.07, 6.45) is 5.44. The molecule has 0 aromatic rings. The van der Waals surface area contributed by atoms with Gasteiger partial charge in [0.25, 0.3) is 0 Å². The highest BCUT2D eigenvalue weighted by Crippen LogP contribution is 2.28. The SMILES string of the molecule is CCCC[C@H](NC(=O)NCCCOCC1CC1)C(=O)O. The van der Waals surface area contributed by atoms with Crippen LogP contribution in [0.5, 0.6) is 0 Å². The zero-order chi connectivity index (χ0) is 14.8. The second-order valence-electron chi connectivity index (χ2n) is 5.31. The Morgan fingerprint density at radius 1 is 1.35 bits per heavy atom. The van der Waals surface area contributed by atoms with Crippen LogP contribution in [-0.2, 0) is 9.53 Å². The Balaban J connectivity index is 2.02. The molecule has 0 aromatic carbocycles. The summed E-state index contributed by atoms with van der Waals surface area (Å²) in [6, 6.07) is -1.23. The van der Waals surface area contributed by atoms with Gasteiger partial charge in [0.15, 0.2) is 0 Å². The molecule has 1 rings (SSSR count). The molecule has 1 saturated carbocycles. The number of hydrogen-bond acceptors (Lipinski definition) is 3. The number of unbranched alkanes of at least 4 members (excludes halogenated alkanes) is 1. The van der Waals surface area contributed by atoms with Crippen LogP contribution in [0.1, 0.15) is 45.4 Å². The Morgan fingerprint density at radius 3 is 2.70 bits per heavy atom. The number of hydrogen-bond donors (Lipinski definition) is 3. The van der Waals surface area contributed by atoms with Gasteiger partial charge in [-0.1, -0.05) is 19.8 Å². The van der Waals surface area contributed by atoms with Gasteiger partial charge in [0, 0.05) is 19.8 Å². The fraction of sp³-hybridized carbons (Fsp3) is 0.857. The summed E-state index contributed by atoms with van der Waals surface area (Å²) >= 11 is 0. The molecule has 0 spiro atoms.